The van der Waals surface area contributed by atoms with Crippen molar-refractivity contribution in [3.63, 3.8) is 0 Å². The number of nitrogens with zero attached hydrogens (tertiary/aromatic N) is 4. The van der Waals surface area contributed by atoms with Crippen LogP contribution in [0.5, 0.6) is 0 Å². The van der Waals surface area contributed by atoms with Gasteiger partial charge in [-0.1, -0.05) is 6.07 Å². The van der Waals surface area contributed by atoms with Crippen molar-refractivity contribution >= 4 is 17.5 Å². The van der Waals surface area contributed by atoms with Crippen LogP contribution in [0.3, 0.4) is 0 Å². The molecule has 98 valence electrons. The number of pyridine rings is 1. The van der Waals surface area contributed by atoms with Crippen LogP contribution in [0, 0.1) is 0 Å². The quantitative estimate of drug-likeness (QED) is 0.860. The molecule has 0 spiro atoms. The van der Waals surface area contributed by atoms with E-state index in [1.165, 1.54) is 6.33 Å². The molecule has 3 heterocycles. The minimum Gasteiger partial charge on any atom is -0.391 e. The second-order valence-corrected chi connectivity index (χ2v) is 4.49. The zero-order chi connectivity index (χ0) is 13.1. The van der Waals surface area contributed by atoms with E-state index in [0.29, 0.717) is 12.4 Å². The largest absolute Gasteiger partial charge is 0.391 e. The zero-order valence-electron chi connectivity index (χ0n) is 10.4. The third kappa shape index (κ3) is 2.79. The molecule has 1 fully saturated rings. The van der Waals surface area contributed by atoms with Gasteiger partial charge < -0.3 is 15.3 Å². The molecule has 3 rings (SSSR count). The van der Waals surface area contributed by atoms with E-state index in [9.17, 15) is 5.11 Å². The fourth-order valence-corrected chi connectivity index (χ4v) is 2.11. The molecule has 0 aliphatic carbocycles. The average Bonchev–Trinajstić information content (AvgIpc) is 2.87. The SMILES string of the molecule is OC1CCN(c2cc(Nc3ccccn3)ncn2)C1. The number of hydrogen-bond acceptors (Lipinski definition) is 6. The first-order chi connectivity index (χ1) is 9.31. The second-order valence-electron chi connectivity index (χ2n) is 4.49. The number of aliphatic hydroxyl groups is 1. The smallest absolute Gasteiger partial charge is 0.137 e. The summed E-state index contributed by atoms with van der Waals surface area (Å²) in [6.07, 6.45) is 3.77. The number of rotatable bonds is 3. The molecule has 6 nitrogen and oxygen atoms in total. The number of β-amino-alcohol motifs (C(OH)–C–C–N with tert-alkyl or cyclic N) is 1. The standard InChI is InChI=1S/C13H15N5O/c19-10-4-6-18(8-10)13-7-12(15-9-16-13)17-11-3-1-2-5-14-11/h1-3,5,7,9-10,19H,4,6,8H2,(H,14,15,16,17). The van der Waals surface area contributed by atoms with E-state index in [0.717, 1.165) is 24.6 Å². The molecule has 1 atom stereocenters. The Morgan fingerprint density at radius 3 is 2.89 bits per heavy atom. The summed E-state index contributed by atoms with van der Waals surface area (Å²) in [5, 5.41) is 12.7. The van der Waals surface area contributed by atoms with Gasteiger partial charge in [0.1, 0.15) is 23.8 Å². The summed E-state index contributed by atoms with van der Waals surface area (Å²) in [6, 6.07) is 7.52. The number of anilines is 3. The molecule has 0 bridgehead atoms. The molecule has 19 heavy (non-hydrogen) atoms. The Morgan fingerprint density at radius 1 is 1.21 bits per heavy atom. The normalized spacial score (nSPS) is 18.6. The summed E-state index contributed by atoms with van der Waals surface area (Å²) < 4.78 is 0. The highest BCUT2D eigenvalue weighted by Gasteiger charge is 2.21. The van der Waals surface area contributed by atoms with E-state index >= 15 is 0 Å². The fraction of sp³-hybridized carbons (Fsp3) is 0.308. The highest BCUT2D eigenvalue weighted by atomic mass is 16.3. The molecule has 0 saturated carbocycles. The molecule has 2 N–H and O–H groups in total. The lowest BCUT2D eigenvalue weighted by molar-refractivity contribution is 0.198. The Bertz CT molecular complexity index is 548. The van der Waals surface area contributed by atoms with Crippen molar-refractivity contribution in [2.75, 3.05) is 23.3 Å². The van der Waals surface area contributed by atoms with E-state index < -0.39 is 0 Å². The van der Waals surface area contributed by atoms with E-state index in [1.54, 1.807) is 6.20 Å². The van der Waals surface area contributed by atoms with Crippen molar-refractivity contribution in [1.82, 2.24) is 15.0 Å². The summed E-state index contributed by atoms with van der Waals surface area (Å²) in [6.45, 7) is 1.45. The maximum absolute atomic E-state index is 9.55. The van der Waals surface area contributed by atoms with Crippen LogP contribution in [0.1, 0.15) is 6.42 Å². The molecule has 1 aliphatic rings. The molecular weight excluding hydrogens is 242 g/mol. The minimum absolute atomic E-state index is 0.262. The lowest BCUT2D eigenvalue weighted by atomic mass is 10.3. The van der Waals surface area contributed by atoms with Crippen molar-refractivity contribution in [2.45, 2.75) is 12.5 Å². The number of aliphatic hydroxyl groups excluding tert-OH is 1. The average molecular weight is 257 g/mol. The van der Waals surface area contributed by atoms with Crippen LogP contribution < -0.4 is 10.2 Å². The Balaban J connectivity index is 1.76. The first-order valence-corrected chi connectivity index (χ1v) is 6.24. The van der Waals surface area contributed by atoms with Gasteiger partial charge in [-0.25, -0.2) is 15.0 Å². The predicted octanol–water partition coefficient (Wildman–Crippen LogP) is 1.19. The molecule has 1 aliphatic heterocycles. The van der Waals surface area contributed by atoms with Crippen molar-refractivity contribution in [3.8, 4) is 0 Å². The monoisotopic (exact) mass is 257 g/mol. The van der Waals surface area contributed by atoms with Gasteiger partial charge in [-0.2, -0.15) is 0 Å². The van der Waals surface area contributed by atoms with Gasteiger partial charge in [0.2, 0.25) is 0 Å². The van der Waals surface area contributed by atoms with Crippen LogP contribution in [0.25, 0.3) is 0 Å². The summed E-state index contributed by atoms with van der Waals surface area (Å²) in [7, 11) is 0. The Hall–Kier alpha value is -2.21. The van der Waals surface area contributed by atoms with Gasteiger partial charge in [0.25, 0.3) is 0 Å². The van der Waals surface area contributed by atoms with Crippen LogP contribution in [-0.2, 0) is 0 Å². The molecule has 0 aromatic carbocycles. The van der Waals surface area contributed by atoms with Gasteiger partial charge in [0, 0.05) is 25.4 Å². The lowest BCUT2D eigenvalue weighted by Crippen LogP contribution is -2.22. The summed E-state index contributed by atoms with van der Waals surface area (Å²) in [5.41, 5.74) is 0. The van der Waals surface area contributed by atoms with Crippen LogP contribution in [0.2, 0.25) is 0 Å². The highest BCUT2D eigenvalue weighted by molar-refractivity contribution is 5.56. The molecule has 6 heteroatoms. The number of hydrogen-bond donors (Lipinski definition) is 2. The number of aromatic nitrogens is 3. The fourth-order valence-electron chi connectivity index (χ4n) is 2.11. The molecule has 1 saturated heterocycles. The Kier molecular flexibility index (Phi) is 3.24. The predicted molar refractivity (Wildman–Crippen MR) is 72.4 cm³/mol. The van der Waals surface area contributed by atoms with E-state index in [2.05, 4.69) is 25.2 Å². The van der Waals surface area contributed by atoms with Crippen LogP contribution in [-0.4, -0.2) is 39.3 Å². The molecule has 2 aromatic rings. The third-order valence-electron chi connectivity index (χ3n) is 3.06. The lowest BCUT2D eigenvalue weighted by Gasteiger charge is -2.16. The van der Waals surface area contributed by atoms with Crippen LogP contribution in [0.15, 0.2) is 36.8 Å². The van der Waals surface area contributed by atoms with Gasteiger partial charge in [0.15, 0.2) is 0 Å². The van der Waals surface area contributed by atoms with Crippen molar-refractivity contribution < 1.29 is 5.11 Å². The molecular formula is C13H15N5O. The highest BCUT2D eigenvalue weighted by Crippen LogP contribution is 2.20. The van der Waals surface area contributed by atoms with Crippen molar-refractivity contribution in [2.24, 2.45) is 0 Å². The van der Waals surface area contributed by atoms with Gasteiger partial charge >= 0.3 is 0 Å². The Morgan fingerprint density at radius 2 is 2.16 bits per heavy atom. The van der Waals surface area contributed by atoms with Crippen molar-refractivity contribution in [3.05, 3.63) is 36.8 Å². The topological polar surface area (TPSA) is 74.2 Å². The van der Waals surface area contributed by atoms with E-state index in [4.69, 9.17) is 0 Å². The van der Waals surface area contributed by atoms with Crippen LogP contribution in [0.4, 0.5) is 17.5 Å². The van der Waals surface area contributed by atoms with Gasteiger partial charge in [0.05, 0.1) is 6.10 Å². The van der Waals surface area contributed by atoms with Crippen molar-refractivity contribution in [1.29, 1.82) is 0 Å². The summed E-state index contributed by atoms with van der Waals surface area (Å²) >= 11 is 0. The van der Waals surface area contributed by atoms with Gasteiger partial charge in [-0.3, -0.25) is 0 Å². The third-order valence-corrected chi connectivity index (χ3v) is 3.06. The number of nitrogens with one attached hydrogen (secondary N) is 1. The Labute approximate surface area is 111 Å². The van der Waals surface area contributed by atoms with E-state index in [1.807, 2.05) is 24.3 Å². The first kappa shape index (κ1) is 11.9. The second kappa shape index (κ2) is 5.19. The molecule has 0 amide bonds. The molecule has 2 aromatic heterocycles. The molecule has 0 radical (unpaired) electrons. The maximum atomic E-state index is 9.55. The summed E-state index contributed by atoms with van der Waals surface area (Å²) in [5.74, 6) is 2.27. The molecule has 1 unspecified atom stereocenters. The first-order valence-electron chi connectivity index (χ1n) is 6.24. The van der Waals surface area contributed by atoms with Gasteiger partial charge in [-0.15, -0.1) is 0 Å². The van der Waals surface area contributed by atoms with Gasteiger partial charge in [-0.05, 0) is 18.6 Å². The van der Waals surface area contributed by atoms with E-state index in [-0.39, 0.29) is 6.10 Å². The summed E-state index contributed by atoms with van der Waals surface area (Å²) in [4.78, 5) is 14.7. The maximum Gasteiger partial charge on any atom is 0.137 e. The zero-order valence-corrected chi connectivity index (χ0v) is 10.4. The van der Waals surface area contributed by atoms with Crippen LogP contribution >= 0.6 is 0 Å². The minimum atomic E-state index is -0.262.